The molecule has 2 aromatic heterocycles. The summed E-state index contributed by atoms with van der Waals surface area (Å²) in [6.07, 6.45) is -1.08. The van der Waals surface area contributed by atoms with Crippen LogP contribution in [0.1, 0.15) is 59.2 Å². The van der Waals surface area contributed by atoms with Crippen molar-refractivity contribution in [1.82, 2.24) is 19.9 Å². The molecule has 186 valence electrons. The van der Waals surface area contributed by atoms with Crippen LogP contribution >= 0.6 is 0 Å². The third kappa shape index (κ3) is 5.27. The van der Waals surface area contributed by atoms with Crippen LogP contribution < -0.4 is 0 Å². The minimum Gasteiger partial charge on any atom is -0.342 e. The van der Waals surface area contributed by atoms with Crippen LogP contribution in [0.25, 0.3) is 11.0 Å². The summed E-state index contributed by atoms with van der Waals surface area (Å²) in [7, 11) is 0. The van der Waals surface area contributed by atoms with E-state index in [1.165, 1.54) is 12.1 Å². The predicted molar refractivity (Wildman–Crippen MR) is 131 cm³/mol. The Hall–Kier alpha value is -3.68. The summed E-state index contributed by atoms with van der Waals surface area (Å²) in [6, 6.07) is 16.9. The number of carbonyl (C=O) groups is 1. The monoisotopic (exact) mass is 492 g/mol. The normalized spacial score (nSPS) is 16.1. The van der Waals surface area contributed by atoms with Crippen LogP contribution in [0, 0.1) is 6.92 Å². The van der Waals surface area contributed by atoms with Gasteiger partial charge in [0.25, 0.3) is 0 Å². The molecule has 1 saturated heterocycles. The average molecular weight is 493 g/mol. The van der Waals surface area contributed by atoms with Gasteiger partial charge in [-0.1, -0.05) is 24.3 Å². The maximum atomic E-state index is 13.1. The average Bonchev–Trinajstić information content (AvgIpc) is 3.48. The second-order valence-corrected chi connectivity index (χ2v) is 9.34. The van der Waals surface area contributed by atoms with Crippen molar-refractivity contribution in [3.63, 3.8) is 0 Å². The van der Waals surface area contributed by atoms with E-state index in [9.17, 15) is 18.0 Å². The van der Waals surface area contributed by atoms with Crippen LogP contribution in [-0.4, -0.2) is 32.3 Å². The van der Waals surface area contributed by atoms with Crippen LogP contribution in [0.2, 0.25) is 0 Å². The van der Waals surface area contributed by atoms with Crippen molar-refractivity contribution in [3.05, 3.63) is 94.6 Å². The summed E-state index contributed by atoms with van der Waals surface area (Å²) >= 11 is 0. The van der Waals surface area contributed by atoms with E-state index in [4.69, 9.17) is 4.98 Å². The summed E-state index contributed by atoms with van der Waals surface area (Å²) in [5, 5.41) is 0. The number of benzene rings is 2. The van der Waals surface area contributed by atoms with Gasteiger partial charge in [-0.2, -0.15) is 13.2 Å². The number of aromatic amines is 1. The van der Waals surface area contributed by atoms with Crippen molar-refractivity contribution in [2.24, 2.45) is 0 Å². The van der Waals surface area contributed by atoms with Gasteiger partial charge in [-0.15, -0.1) is 0 Å². The van der Waals surface area contributed by atoms with Crippen molar-refractivity contribution in [3.8, 4) is 0 Å². The van der Waals surface area contributed by atoms with Gasteiger partial charge in [0.2, 0.25) is 5.91 Å². The Balaban J connectivity index is 1.24. The number of hydrogen-bond donors (Lipinski definition) is 1. The maximum absolute atomic E-state index is 13.1. The lowest BCUT2D eigenvalue weighted by molar-refractivity contribution is -0.137. The summed E-state index contributed by atoms with van der Waals surface area (Å²) in [5.41, 5.74) is 4.69. The van der Waals surface area contributed by atoms with Gasteiger partial charge < -0.3 is 9.88 Å². The van der Waals surface area contributed by atoms with E-state index in [0.29, 0.717) is 25.8 Å². The van der Waals surface area contributed by atoms with E-state index in [1.54, 1.807) is 0 Å². The highest BCUT2D eigenvalue weighted by molar-refractivity contribution is 5.78. The van der Waals surface area contributed by atoms with E-state index in [0.717, 1.165) is 64.3 Å². The van der Waals surface area contributed by atoms with Crippen LogP contribution in [-0.2, 0) is 23.8 Å². The summed E-state index contributed by atoms with van der Waals surface area (Å²) in [6.45, 7) is 2.62. The number of aromatic nitrogens is 3. The third-order valence-corrected chi connectivity index (χ3v) is 6.70. The first-order valence-electron chi connectivity index (χ1n) is 12.1. The van der Waals surface area contributed by atoms with Crippen molar-refractivity contribution in [2.45, 2.75) is 51.2 Å². The molecule has 8 heteroatoms. The summed E-state index contributed by atoms with van der Waals surface area (Å²) < 4.78 is 38.5. The van der Waals surface area contributed by atoms with Gasteiger partial charge in [0, 0.05) is 25.1 Å². The standard InChI is InChI=1S/C28H27F3N4O/c1-18-32-23-13-9-20(17-25(23)33-18)10-14-27(36)35-15-3-6-26(35)24-5-2-4-22(34-24)16-19-7-11-21(12-8-19)28(29,30)31/h2,4-5,7-9,11-13,17,26H,3,6,10,14-16H2,1H3,(H,32,33)/t26-/m1/s1. The first-order chi connectivity index (χ1) is 17.3. The third-order valence-electron chi connectivity index (χ3n) is 6.70. The SMILES string of the molecule is Cc1nc2ccc(CCC(=O)N3CCC[C@@H]3c3cccc(Cc4ccc(C(F)(F)F)cc4)n3)cc2[nH]1. The highest BCUT2D eigenvalue weighted by Crippen LogP contribution is 2.32. The zero-order chi connectivity index (χ0) is 25.3. The lowest BCUT2D eigenvalue weighted by atomic mass is 10.0. The molecule has 0 spiro atoms. The molecule has 1 fully saturated rings. The molecule has 1 aliphatic heterocycles. The highest BCUT2D eigenvalue weighted by atomic mass is 19.4. The maximum Gasteiger partial charge on any atom is 0.416 e. The molecule has 1 amide bonds. The number of amides is 1. The van der Waals surface area contributed by atoms with Crippen LogP contribution in [0.4, 0.5) is 13.2 Å². The number of likely N-dealkylation sites (tertiary alicyclic amines) is 1. The number of fused-ring (bicyclic) bond motifs is 1. The van der Waals surface area contributed by atoms with Crippen LogP contribution in [0.5, 0.6) is 0 Å². The van der Waals surface area contributed by atoms with E-state index >= 15 is 0 Å². The fraction of sp³-hybridized carbons (Fsp3) is 0.321. The molecule has 2 aromatic carbocycles. The molecule has 36 heavy (non-hydrogen) atoms. The molecular formula is C28H27F3N4O. The van der Waals surface area contributed by atoms with E-state index in [1.807, 2.05) is 42.2 Å². The number of nitrogens with zero attached hydrogens (tertiary/aromatic N) is 3. The molecule has 1 atom stereocenters. The Morgan fingerprint density at radius 2 is 1.83 bits per heavy atom. The number of halogens is 3. The van der Waals surface area contributed by atoms with Gasteiger partial charge in [0.05, 0.1) is 28.3 Å². The number of rotatable bonds is 6. The molecule has 0 bridgehead atoms. The molecule has 5 rings (SSSR count). The van der Waals surface area contributed by atoms with Crippen molar-refractivity contribution in [1.29, 1.82) is 0 Å². The van der Waals surface area contributed by atoms with Gasteiger partial charge in [-0.05, 0) is 73.7 Å². The van der Waals surface area contributed by atoms with Gasteiger partial charge >= 0.3 is 6.18 Å². The quantitative estimate of drug-likeness (QED) is 0.350. The fourth-order valence-electron chi connectivity index (χ4n) is 4.91. The molecule has 0 unspecified atom stereocenters. The Bertz CT molecular complexity index is 1380. The highest BCUT2D eigenvalue weighted by Gasteiger charge is 2.31. The molecule has 4 aromatic rings. The fourth-order valence-corrected chi connectivity index (χ4v) is 4.91. The number of aryl methyl sites for hydroxylation is 2. The van der Waals surface area contributed by atoms with Crippen LogP contribution in [0.15, 0.2) is 60.7 Å². The van der Waals surface area contributed by atoms with Gasteiger partial charge in [0.1, 0.15) is 5.82 Å². The van der Waals surface area contributed by atoms with Gasteiger partial charge in [0.15, 0.2) is 0 Å². The second kappa shape index (κ2) is 9.76. The number of alkyl halides is 3. The van der Waals surface area contributed by atoms with Crippen molar-refractivity contribution < 1.29 is 18.0 Å². The minimum absolute atomic E-state index is 0.0807. The molecule has 1 N–H and O–H groups in total. The summed E-state index contributed by atoms with van der Waals surface area (Å²) in [5.74, 6) is 0.972. The molecular weight excluding hydrogens is 465 g/mol. The number of H-pyrrole nitrogens is 1. The molecule has 0 aliphatic carbocycles. The zero-order valence-electron chi connectivity index (χ0n) is 20.0. The minimum atomic E-state index is -4.35. The number of carbonyl (C=O) groups excluding carboxylic acids is 1. The smallest absolute Gasteiger partial charge is 0.342 e. The first-order valence-corrected chi connectivity index (χ1v) is 12.1. The predicted octanol–water partition coefficient (Wildman–Crippen LogP) is 6.17. The lowest BCUT2D eigenvalue weighted by Crippen LogP contribution is -2.31. The molecule has 0 radical (unpaired) electrons. The molecule has 0 saturated carbocycles. The Kier molecular flexibility index (Phi) is 6.51. The summed E-state index contributed by atoms with van der Waals surface area (Å²) in [4.78, 5) is 27.5. The molecule has 5 nitrogen and oxygen atoms in total. The van der Waals surface area contributed by atoms with Crippen molar-refractivity contribution in [2.75, 3.05) is 6.54 Å². The largest absolute Gasteiger partial charge is 0.416 e. The number of pyridine rings is 1. The number of nitrogens with one attached hydrogen (secondary N) is 1. The van der Waals surface area contributed by atoms with Gasteiger partial charge in [-0.3, -0.25) is 9.78 Å². The Labute approximate surface area is 207 Å². The molecule has 1 aliphatic rings. The first kappa shape index (κ1) is 24.0. The van der Waals surface area contributed by atoms with Crippen LogP contribution in [0.3, 0.4) is 0 Å². The Morgan fingerprint density at radius 3 is 2.61 bits per heavy atom. The van der Waals surface area contributed by atoms with E-state index in [2.05, 4.69) is 16.0 Å². The van der Waals surface area contributed by atoms with E-state index < -0.39 is 11.7 Å². The van der Waals surface area contributed by atoms with E-state index in [-0.39, 0.29) is 11.9 Å². The topological polar surface area (TPSA) is 61.9 Å². The lowest BCUT2D eigenvalue weighted by Gasteiger charge is -2.25. The zero-order valence-corrected chi connectivity index (χ0v) is 20.0. The number of imidazole rings is 1. The van der Waals surface area contributed by atoms with Crippen molar-refractivity contribution >= 4 is 16.9 Å². The van der Waals surface area contributed by atoms with Gasteiger partial charge in [-0.25, -0.2) is 4.98 Å². The second-order valence-electron chi connectivity index (χ2n) is 9.34. The Morgan fingerprint density at radius 1 is 1.06 bits per heavy atom. The molecule has 3 heterocycles. The number of hydrogen-bond acceptors (Lipinski definition) is 3.